The van der Waals surface area contributed by atoms with Gasteiger partial charge in [-0.25, -0.2) is 14.0 Å². The molecule has 0 spiro atoms. The van der Waals surface area contributed by atoms with Crippen molar-refractivity contribution in [1.82, 2.24) is 0 Å². The zero-order valence-corrected chi connectivity index (χ0v) is 27.4. The van der Waals surface area contributed by atoms with Crippen molar-refractivity contribution in [2.75, 3.05) is 7.11 Å². The summed E-state index contributed by atoms with van der Waals surface area (Å²) >= 11 is 0. The lowest BCUT2D eigenvalue weighted by molar-refractivity contribution is -0.134. The van der Waals surface area contributed by atoms with E-state index in [1.807, 2.05) is 6.92 Å². The van der Waals surface area contributed by atoms with E-state index < -0.39 is 23.7 Å². The smallest absolute Gasteiger partial charge is 0.335 e. The van der Waals surface area contributed by atoms with Gasteiger partial charge in [-0.05, 0) is 84.1 Å². The molecule has 0 bridgehead atoms. The average molecular weight is 665 g/mol. The molecule has 0 aliphatic heterocycles. The topological polar surface area (TPSA) is 105 Å². The molecule has 0 fully saturated rings. The minimum atomic E-state index is -0.638. The first-order chi connectivity index (χ1) is 23.6. The number of hydrogen-bond donors (Lipinski definition) is 0. The van der Waals surface area contributed by atoms with E-state index in [1.165, 1.54) is 19.3 Å². The fraction of sp³-hybridized carbons (Fsp3) is 0.100. The van der Waals surface area contributed by atoms with E-state index in [0.29, 0.717) is 52.2 Å². The van der Waals surface area contributed by atoms with Crippen LogP contribution in [0.1, 0.15) is 18.9 Å². The van der Waals surface area contributed by atoms with E-state index in [-0.39, 0.29) is 12.2 Å². The van der Waals surface area contributed by atoms with Crippen molar-refractivity contribution >= 4 is 24.2 Å². The largest absolute Gasteiger partial charge is 0.493 e. The van der Waals surface area contributed by atoms with Gasteiger partial charge < -0.3 is 18.9 Å². The number of carbonyl (C=O) groups excluding carboxylic acids is 4. The minimum Gasteiger partial charge on any atom is -0.493 e. The van der Waals surface area contributed by atoms with Gasteiger partial charge in [-0.3, -0.25) is 9.59 Å². The molecular formula is C40H37FO8. The zero-order chi connectivity index (χ0) is 36.2. The molecule has 252 valence electrons. The van der Waals surface area contributed by atoms with Crippen LogP contribution < -0.4 is 18.9 Å². The van der Waals surface area contributed by atoms with Gasteiger partial charge in [0.1, 0.15) is 23.6 Å². The number of benzene rings is 4. The molecule has 0 unspecified atom stereocenters. The minimum absolute atomic E-state index is 0.142. The van der Waals surface area contributed by atoms with E-state index in [2.05, 4.69) is 26.3 Å². The summed E-state index contributed by atoms with van der Waals surface area (Å²) in [5.41, 5.74) is 3.05. The summed E-state index contributed by atoms with van der Waals surface area (Å²) < 4.78 is 36.1. The monoisotopic (exact) mass is 664 g/mol. The molecule has 0 atom stereocenters. The summed E-state index contributed by atoms with van der Waals surface area (Å²) in [7, 11) is 1.45. The van der Waals surface area contributed by atoms with Crippen LogP contribution in [-0.2, 0) is 25.6 Å². The quantitative estimate of drug-likeness (QED) is 0.0489. The molecule has 0 aliphatic carbocycles. The summed E-state index contributed by atoms with van der Waals surface area (Å²) in [5, 5.41) is 0. The van der Waals surface area contributed by atoms with Crippen LogP contribution in [0.2, 0.25) is 0 Å². The molecule has 0 radical (unpaired) electrons. The van der Waals surface area contributed by atoms with Gasteiger partial charge in [0.2, 0.25) is 0 Å². The highest BCUT2D eigenvalue weighted by Gasteiger charge is 2.13. The maximum Gasteiger partial charge on any atom is 0.335 e. The number of rotatable bonds is 12. The molecule has 49 heavy (non-hydrogen) atoms. The van der Waals surface area contributed by atoms with Gasteiger partial charge in [-0.1, -0.05) is 68.3 Å². The van der Waals surface area contributed by atoms with E-state index in [4.69, 9.17) is 23.7 Å². The lowest BCUT2D eigenvalue weighted by Crippen LogP contribution is -2.09. The molecule has 0 saturated heterocycles. The summed E-state index contributed by atoms with van der Waals surface area (Å²) in [6.07, 6.45) is 6.29. The fourth-order valence-electron chi connectivity index (χ4n) is 4.03. The predicted octanol–water partition coefficient (Wildman–Crippen LogP) is 8.45. The van der Waals surface area contributed by atoms with Crippen molar-refractivity contribution < 1.29 is 42.5 Å². The number of aryl methyl sites for hydroxylation is 1. The summed E-state index contributed by atoms with van der Waals surface area (Å²) in [5.74, 6) is -0.782. The van der Waals surface area contributed by atoms with Crippen LogP contribution in [0.3, 0.4) is 0 Å². The highest BCUT2D eigenvalue weighted by atomic mass is 19.1. The Morgan fingerprint density at radius 3 is 1.76 bits per heavy atom. The normalized spacial score (nSPS) is 9.53. The Morgan fingerprint density at radius 2 is 1.20 bits per heavy atom. The molecule has 4 aromatic rings. The maximum atomic E-state index is 15.2. The van der Waals surface area contributed by atoms with Crippen LogP contribution in [0.5, 0.6) is 23.0 Å². The Hall–Kier alpha value is -6.35. The first-order valence-electron chi connectivity index (χ1n) is 14.8. The molecule has 0 heterocycles. The van der Waals surface area contributed by atoms with Crippen molar-refractivity contribution in [3.8, 4) is 45.3 Å². The highest BCUT2D eigenvalue weighted by Crippen LogP contribution is 2.35. The molecule has 0 aliphatic rings. The highest BCUT2D eigenvalue weighted by molar-refractivity contribution is 5.84. The Morgan fingerprint density at radius 1 is 0.694 bits per heavy atom. The van der Waals surface area contributed by atoms with Gasteiger partial charge in [0, 0.05) is 24.1 Å². The van der Waals surface area contributed by atoms with Gasteiger partial charge in [0.25, 0.3) is 0 Å². The summed E-state index contributed by atoms with van der Waals surface area (Å²) in [6.45, 7) is 15.1. The number of methoxy groups -OCH3 is 1. The van der Waals surface area contributed by atoms with Gasteiger partial charge in [-0.2, -0.15) is 0 Å². The van der Waals surface area contributed by atoms with Gasteiger partial charge in [0.15, 0.2) is 11.5 Å². The van der Waals surface area contributed by atoms with Crippen LogP contribution in [0, 0.1) is 5.82 Å². The van der Waals surface area contributed by atoms with Crippen molar-refractivity contribution in [2.45, 2.75) is 19.8 Å². The summed E-state index contributed by atoms with van der Waals surface area (Å²) in [6, 6.07) is 23.1. The van der Waals surface area contributed by atoms with Crippen LogP contribution in [0.15, 0.2) is 136 Å². The van der Waals surface area contributed by atoms with E-state index >= 15 is 4.39 Å². The SMILES string of the molecule is C=CC.C=CC(=O)Oc1ccc(CCC(=O)Oc2ccc(-c3ccc(-c4ccc(OC)c(OC(=O)C=C)c4)cc3F)cc2)cc1.C=CC=O. The third kappa shape index (κ3) is 12.8. The second-order valence-electron chi connectivity index (χ2n) is 9.73. The van der Waals surface area contributed by atoms with E-state index in [9.17, 15) is 14.4 Å². The number of ether oxygens (including phenoxy) is 4. The molecule has 4 rings (SSSR count). The maximum absolute atomic E-state index is 15.2. The fourth-order valence-corrected chi connectivity index (χ4v) is 4.03. The molecule has 9 heteroatoms. The molecule has 0 amide bonds. The van der Waals surface area contributed by atoms with Gasteiger partial charge in [0.05, 0.1) is 7.11 Å². The molecule has 0 N–H and O–H groups in total. The number of hydrogen-bond acceptors (Lipinski definition) is 8. The number of esters is 3. The lowest BCUT2D eigenvalue weighted by atomic mass is 9.99. The van der Waals surface area contributed by atoms with Crippen LogP contribution in [-0.4, -0.2) is 31.3 Å². The molecular weight excluding hydrogens is 627 g/mol. The van der Waals surface area contributed by atoms with Crippen molar-refractivity contribution in [1.29, 1.82) is 0 Å². The lowest BCUT2D eigenvalue weighted by Gasteiger charge is -2.12. The average Bonchev–Trinajstić information content (AvgIpc) is 3.12. The molecule has 8 nitrogen and oxygen atoms in total. The second-order valence-corrected chi connectivity index (χ2v) is 9.73. The van der Waals surface area contributed by atoms with Crippen LogP contribution >= 0.6 is 0 Å². The van der Waals surface area contributed by atoms with Crippen molar-refractivity contribution in [3.05, 3.63) is 147 Å². The van der Waals surface area contributed by atoms with Crippen LogP contribution in [0.4, 0.5) is 4.39 Å². The Balaban J connectivity index is 0.00000109. The Kier molecular flexibility index (Phi) is 16.4. The second kappa shape index (κ2) is 20.7. The van der Waals surface area contributed by atoms with E-state index in [0.717, 1.165) is 17.7 Å². The third-order valence-electron chi connectivity index (χ3n) is 6.26. The first kappa shape index (κ1) is 38.8. The van der Waals surface area contributed by atoms with Gasteiger partial charge in [-0.15, -0.1) is 6.58 Å². The number of halogens is 1. The third-order valence-corrected chi connectivity index (χ3v) is 6.26. The van der Waals surface area contributed by atoms with Crippen LogP contribution in [0.25, 0.3) is 22.3 Å². The Bertz CT molecular complexity index is 1770. The predicted molar refractivity (Wildman–Crippen MR) is 188 cm³/mol. The molecule has 0 aromatic heterocycles. The first-order valence-corrected chi connectivity index (χ1v) is 14.8. The van der Waals surface area contributed by atoms with E-state index in [1.54, 1.807) is 84.9 Å². The standard InChI is InChI=1S/C34H27FO7.C3H4O.C3H6/c1-4-32(36)40-26-13-6-22(7-14-26)8-19-34(38)41-27-15-9-23(10-16-27)28-17-11-24(20-29(28)35)25-12-18-30(39-3)31(21-25)42-33(37)5-2;1-2-3-4;1-3-2/h4-7,9-18,20-21H,1-2,8,19H2,3H3;2-3H,1H2;3H,1H2,2H3. The van der Waals surface area contributed by atoms with Crippen molar-refractivity contribution in [3.63, 3.8) is 0 Å². The number of allylic oxidation sites excluding steroid dienone is 2. The van der Waals surface area contributed by atoms with Crippen molar-refractivity contribution in [2.24, 2.45) is 0 Å². The number of aldehydes is 1. The molecule has 4 aromatic carbocycles. The number of carbonyl (C=O) groups is 4. The van der Waals surface area contributed by atoms with Gasteiger partial charge >= 0.3 is 17.9 Å². The zero-order valence-electron chi connectivity index (χ0n) is 27.4. The Labute approximate surface area is 285 Å². The summed E-state index contributed by atoms with van der Waals surface area (Å²) in [4.78, 5) is 44.4. The molecule has 0 saturated carbocycles.